The molecule has 1 unspecified atom stereocenters. The monoisotopic (exact) mass is 605 g/mol. The van der Waals surface area contributed by atoms with Gasteiger partial charge < -0.3 is 32.1 Å². The van der Waals surface area contributed by atoms with E-state index in [-0.39, 0.29) is 25.0 Å². The SMILES string of the molecule is CCCCC(NC(=O)[C@H](Cc1ccccc1)NC(=O)CNC(=O)[C@@H](C)NC(=O)[C@@H](N)Cc1ccc(O)cc1)S(=O)(=O)O. The molecule has 2 aromatic rings. The van der Waals surface area contributed by atoms with Gasteiger partial charge in [-0.2, -0.15) is 8.42 Å². The van der Waals surface area contributed by atoms with E-state index in [4.69, 9.17) is 5.73 Å². The molecule has 0 aromatic heterocycles. The lowest BCUT2D eigenvalue weighted by Crippen LogP contribution is -2.55. The fourth-order valence-electron chi connectivity index (χ4n) is 3.93. The number of unbranched alkanes of at least 4 members (excludes halogenated alkanes) is 1. The van der Waals surface area contributed by atoms with Crippen molar-refractivity contribution in [2.75, 3.05) is 6.54 Å². The van der Waals surface area contributed by atoms with E-state index in [1.165, 1.54) is 19.1 Å². The van der Waals surface area contributed by atoms with E-state index in [2.05, 4.69) is 21.3 Å². The predicted octanol–water partition coefficient (Wildman–Crippen LogP) is 0.131. The van der Waals surface area contributed by atoms with E-state index in [1.54, 1.807) is 42.5 Å². The normalized spacial score (nSPS) is 14.1. The number of nitrogens with one attached hydrogen (secondary N) is 4. The molecule has 8 N–H and O–H groups in total. The molecular formula is C28H39N5O8S. The molecule has 0 spiro atoms. The summed E-state index contributed by atoms with van der Waals surface area (Å²) in [6.45, 7) is 2.71. The first kappa shape index (κ1) is 34.2. The average Bonchev–Trinajstić information content (AvgIpc) is 2.94. The van der Waals surface area contributed by atoms with Crippen LogP contribution in [0, 0.1) is 0 Å². The lowest BCUT2D eigenvalue weighted by Gasteiger charge is -2.22. The van der Waals surface area contributed by atoms with Crippen molar-refractivity contribution in [3.8, 4) is 5.75 Å². The number of aromatic hydroxyl groups is 1. The molecule has 4 amide bonds. The van der Waals surface area contributed by atoms with Gasteiger partial charge in [-0.1, -0.05) is 62.2 Å². The molecule has 0 aliphatic heterocycles. The van der Waals surface area contributed by atoms with E-state index in [0.717, 1.165) is 0 Å². The van der Waals surface area contributed by atoms with E-state index >= 15 is 0 Å². The number of hydrogen-bond donors (Lipinski definition) is 7. The van der Waals surface area contributed by atoms with E-state index < -0.39 is 63.8 Å². The van der Waals surface area contributed by atoms with Crippen LogP contribution in [0.5, 0.6) is 5.75 Å². The Bertz CT molecular complexity index is 1310. The summed E-state index contributed by atoms with van der Waals surface area (Å²) in [7, 11) is -4.59. The van der Waals surface area contributed by atoms with Crippen LogP contribution in [0.15, 0.2) is 54.6 Å². The van der Waals surface area contributed by atoms with Crippen molar-refractivity contribution in [3.63, 3.8) is 0 Å². The van der Waals surface area contributed by atoms with Gasteiger partial charge in [-0.05, 0) is 43.0 Å². The average molecular weight is 606 g/mol. The van der Waals surface area contributed by atoms with Gasteiger partial charge in [0.25, 0.3) is 10.1 Å². The van der Waals surface area contributed by atoms with Crippen molar-refractivity contribution in [3.05, 3.63) is 65.7 Å². The van der Waals surface area contributed by atoms with Crippen LogP contribution in [0.1, 0.15) is 44.2 Å². The quantitative estimate of drug-likeness (QED) is 0.129. The van der Waals surface area contributed by atoms with Crippen LogP contribution in [0.4, 0.5) is 0 Å². The summed E-state index contributed by atoms with van der Waals surface area (Å²) < 4.78 is 33.2. The highest BCUT2D eigenvalue weighted by atomic mass is 32.2. The number of rotatable bonds is 16. The number of nitrogens with two attached hydrogens (primary N) is 1. The van der Waals surface area contributed by atoms with Crippen LogP contribution in [0.3, 0.4) is 0 Å². The first-order valence-electron chi connectivity index (χ1n) is 13.5. The minimum Gasteiger partial charge on any atom is -0.508 e. The van der Waals surface area contributed by atoms with Gasteiger partial charge in [0.15, 0.2) is 5.37 Å². The molecule has 0 saturated carbocycles. The van der Waals surface area contributed by atoms with Crippen molar-refractivity contribution in [1.29, 1.82) is 0 Å². The Morgan fingerprint density at radius 3 is 2.07 bits per heavy atom. The Hall–Kier alpha value is -4.01. The summed E-state index contributed by atoms with van der Waals surface area (Å²) >= 11 is 0. The fraction of sp³-hybridized carbons (Fsp3) is 0.429. The number of amides is 4. The second-order valence-electron chi connectivity index (χ2n) is 9.89. The van der Waals surface area contributed by atoms with Crippen LogP contribution in [-0.4, -0.2) is 71.7 Å². The molecule has 0 aliphatic carbocycles. The first-order valence-corrected chi connectivity index (χ1v) is 15.0. The van der Waals surface area contributed by atoms with Crippen molar-refractivity contribution < 1.29 is 37.3 Å². The van der Waals surface area contributed by atoms with Gasteiger partial charge in [0, 0.05) is 6.42 Å². The number of phenols is 1. The molecule has 0 aliphatic rings. The molecule has 0 fully saturated rings. The van der Waals surface area contributed by atoms with E-state index in [9.17, 15) is 37.3 Å². The van der Waals surface area contributed by atoms with Gasteiger partial charge in [-0.3, -0.25) is 23.7 Å². The molecule has 2 aromatic carbocycles. The Kier molecular flexibility index (Phi) is 13.4. The van der Waals surface area contributed by atoms with Crippen LogP contribution < -0.4 is 27.0 Å². The molecular weight excluding hydrogens is 566 g/mol. The van der Waals surface area contributed by atoms with Gasteiger partial charge in [-0.25, -0.2) is 0 Å². The van der Waals surface area contributed by atoms with Crippen molar-refractivity contribution in [1.82, 2.24) is 21.3 Å². The van der Waals surface area contributed by atoms with Crippen molar-refractivity contribution >= 4 is 33.7 Å². The zero-order valence-corrected chi connectivity index (χ0v) is 24.4. The summed E-state index contributed by atoms with van der Waals surface area (Å²) in [6, 6.07) is 11.7. The zero-order chi connectivity index (χ0) is 31.3. The highest BCUT2D eigenvalue weighted by Crippen LogP contribution is 2.11. The Morgan fingerprint density at radius 1 is 0.857 bits per heavy atom. The second-order valence-corrected chi connectivity index (χ2v) is 11.5. The van der Waals surface area contributed by atoms with Crippen LogP contribution in [0.25, 0.3) is 0 Å². The molecule has 230 valence electrons. The second kappa shape index (κ2) is 16.4. The number of hydrogen-bond acceptors (Lipinski definition) is 8. The summed E-state index contributed by atoms with van der Waals surface area (Å²) in [5, 5.41) is 17.5. The van der Waals surface area contributed by atoms with E-state index in [1.807, 2.05) is 6.92 Å². The molecule has 0 radical (unpaired) electrons. The molecule has 13 nitrogen and oxygen atoms in total. The van der Waals surface area contributed by atoms with Gasteiger partial charge in [-0.15, -0.1) is 0 Å². The molecule has 0 heterocycles. The molecule has 0 saturated heterocycles. The topological polar surface area (TPSA) is 217 Å². The van der Waals surface area contributed by atoms with E-state index in [0.29, 0.717) is 24.0 Å². The molecule has 14 heteroatoms. The van der Waals surface area contributed by atoms with Crippen molar-refractivity contribution in [2.45, 2.75) is 69.5 Å². The first-order chi connectivity index (χ1) is 19.8. The largest absolute Gasteiger partial charge is 0.508 e. The molecule has 2 rings (SSSR count). The summed E-state index contributed by atoms with van der Waals surface area (Å²) in [6.07, 6.45) is 1.25. The Balaban J connectivity index is 1.96. The maximum atomic E-state index is 13.0. The van der Waals surface area contributed by atoms with Gasteiger partial charge in [0.2, 0.25) is 23.6 Å². The van der Waals surface area contributed by atoms with Gasteiger partial charge in [0.1, 0.15) is 17.8 Å². The van der Waals surface area contributed by atoms with Gasteiger partial charge in [0.05, 0.1) is 12.6 Å². The standard InChI is InChI=1S/C28H39N5O8S/c1-3-4-10-25(42(39,40)41)33-28(38)23(16-19-8-6-5-7-9-19)32-24(35)17-30-26(36)18(2)31-27(37)22(29)15-20-11-13-21(34)14-12-20/h5-9,11-14,18,22-23,25,34H,3-4,10,15-17,29H2,1-2H3,(H,30,36)(H,31,37)(H,32,35)(H,33,38)(H,39,40,41)/t18-,22+,23+,25?/m1/s1. The summed E-state index contributed by atoms with van der Waals surface area (Å²) in [5.74, 6) is -2.75. The van der Waals surface area contributed by atoms with Gasteiger partial charge >= 0.3 is 0 Å². The van der Waals surface area contributed by atoms with Crippen LogP contribution >= 0.6 is 0 Å². The zero-order valence-electron chi connectivity index (χ0n) is 23.6. The lowest BCUT2D eigenvalue weighted by molar-refractivity contribution is -0.131. The third kappa shape index (κ3) is 11.8. The summed E-state index contributed by atoms with van der Waals surface area (Å²) in [4.78, 5) is 50.7. The molecule has 4 atom stereocenters. The smallest absolute Gasteiger partial charge is 0.286 e. The van der Waals surface area contributed by atoms with Crippen LogP contribution in [0.2, 0.25) is 0 Å². The highest BCUT2D eigenvalue weighted by molar-refractivity contribution is 7.86. The summed E-state index contributed by atoms with van der Waals surface area (Å²) in [5.41, 5.74) is 7.32. The third-order valence-electron chi connectivity index (χ3n) is 6.32. The lowest BCUT2D eigenvalue weighted by atomic mass is 10.0. The Labute approximate surface area is 245 Å². The van der Waals surface area contributed by atoms with Crippen LogP contribution in [-0.2, 0) is 42.1 Å². The highest BCUT2D eigenvalue weighted by Gasteiger charge is 2.29. The minimum atomic E-state index is -4.59. The number of benzene rings is 2. The maximum absolute atomic E-state index is 13.0. The maximum Gasteiger partial charge on any atom is 0.286 e. The number of phenolic OH excluding ortho intramolecular Hbond substituents is 1. The molecule has 0 bridgehead atoms. The Morgan fingerprint density at radius 2 is 1.48 bits per heavy atom. The minimum absolute atomic E-state index is 0.00859. The van der Waals surface area contributed by atoms with Crippen molar-refractivity contribution in [2.24, 2.45) is 5.73 Å². The number of carbonyl (C=O) groups excluding carboxylic acids is 4. The third-order valence-corrected chi connectivity index (χ3v) is 7.39. The number of carbonyl (C=O) groups is 4. The molecule has 42 heavy (non-hydrogen) atoms. The predicted molar refractivity (Wildman–Crippen MR) is 155 cm³/mol. The fourth-order valence-corrected chi connectivity index (χ4v) is 4.66.